The van der Waals surface area contributed by atoms with Gasteiger partial charge in [-0.3, -0.25) is 4.79 Å². The molecule has 124 valence electrons. The molecule has 0 bridgehead atoms. The van der Waals surface area contributed by atoms with E-state index in [-0.39, 0.29) is 11.7 Å². The second-order valence-electron chi connectivity index (χ2n) is 5.72. The highest BCUT2D eigenvalue weighted by atomic mass is 32.2. The van der Waals surface area contributed by atoms with Gasteiger partial charge in [-0.1, -0.05) is 48.2 Å². The van der Waals surface area contributed by atoms with Crippen LogP contribution in [0.25, 0.3) is 21.9 Å². The van der Waals surface area contributed by atoms with E-state index in [1.807, 2.05) is 55.5 Å². The zero-order chi connectivity index (χ0) is 17.2. The summed E-state index contributed by atoms with van der Waals surface area (Å²) in [5, 5.41) is 4.78. The number of aromatic nitrogens is 3. The van der Waals surface area contributed by atoms with Gasteiger partial charge in [0.1, 0.15) is 16.9 Å². The van der Waals surface area contributed by atoms with Gasteiger partial charge in [-0.25, -0.2) is 9.97 Å². The first kappa shape index (κ1) is 15.7. The number of anilines is 1. The maximum atomic E-state index is 12.3. The van der Waals surface area contributed by atoms with Crippen LogP contribution in [0.3, 0.4) is 0 Å². The van der Waals surface area contributed by atoms with Crippen LogP contribution in [0.5, 0.6) is 0 Å². The molecule has 25 heavy (non-hydrogen) atoms. The van der Waals surface area contributed by atoms with E-state index in [0.29, 0.717) is 0 Å². The maximum Gasteiger partial charge on any atom is 0.234 e. The van der Waals surface area contributed by atoms with Crippen LogP contribution in [0.15, 0.2) is 59.9 Å². The van der Waals surface area contributed by atoms with Crippen molar-refractivity contribution < 1.29 is 4.79 Å². The van der Waals surface area contributed by atoms with Gasteiger partial charge in [0.2, 0.25) is 5.91 Å². The molecule has 0 radical (unpaired) electrons. The third-order valence-electron chi connectivity index (χ3n) is 4.01. The Morgan fingerprint density at radius 3 is 2.80 bits per heavy atom. The van der Waals surface area contributed by atoms with Crippen molar-refractivity contribution in [3.8, 4) is 0 Å². The quantitative estimate of drug-likeness (QED) is 0.429. The summed E-state index contributed by atoms with van der Waals surface area (Å²) in [4.78, 5) is 24.3. The molecule has 2 aromatic carbocycles. The molecule has 0 unspecified atom stereocenters. The van der Waals surface area contributed by atoms with E-state index in [9.17, 15) is 4.79 Å². The topological polar surface area (TPSA) is 70.7 Å². The predicted octanol–water partition coefficient (Wildman–Crippen LogP) is 4.15. The minimum Gasteiger partial charge on any atom is -0.351 e. The highest BCUT2D eigenvalue weighted by Crippen LogP contribution is 2.29. The summed E-state index contributed by atoms with van der Waals surface area (Å²) < 4.78 is 0. The van der Waals surface area contributed by atoms with Crippen LogP contribution in [0, 0.1) is 6.92 Å². The van der Waals surface area contributed by atoms with Crippen molar-refractivity contribution in [2.75, 3.05) is 11.1 Å². The van der Waals surface area contributed by atoms with E-state index < -0.39 is 0 Å². The second-order valence-corrected chi connectivity index (χ2v) is 6.69. The SMILES string of the molecule is Cc1ccccc1NC(=O)CSc1ncnc2c1[nH]c1ccccc12. The molecule has 4 aromatic rings. The summed E-state index contributed by atoms with van der Waals surface area (Å²) in [5.41, 5.74) is 4.65. The number of para-hydroxylation sites is 2. The zero-order valence-electron chi connectivity index (χ0n) is 13.6. The Morgan fingerprint density at radius 1 is 1.12 bits per heavy atom. The number of amides is 1. The molecule has 5 nitrogen and oxygen atoms in total. The molecule has 2 N–H and O–H groups in total. The molecular weight excluding hydrogens is 332 g/mol. The molecule has 0 atom stereocenters. The van der Waals surface area contributed by atoms with Crippen molar-refractivity contribution in [1.82, 2.24) is 15.0 Å². The van der Waals surface area contributed by atoms with Gasteiger partial charge in [0, 0.05) is 16.6 Å². The van der Waals surface area contributed by atoms with E-state index in [4.69, 9.17) is 0 Å². The van der Waals surface area contributed by atoms with Crippen LogP contribution >= 0.6 is 11.8 Å². The van der Waals surface area contributed by atoms with Crippen LogP contribution in [0.2, 0.25) is 0 Å². The first-order chi connectivity index (χ1) is 12.2. The molecule has 0 saturated carbocycles. The lowest BCUT2D eigenvalue weighted by Gasteiger charge is -2.07. The zero-order valence-corrected chi connectivity index (χ0v) is 14.4. The fourth-order valence-corrected chi connectivity index (χ4v) is 3.52. The van der Waals surface area contributed by atoms with Gasteiger partial charge in [0.25, 0.3) is 0 Å². The maximum absolute atomic E-state index is 12.3. The van der Waals surface area contributed by atoms with Gasteiger partial charge in [-0.15, -0.1) is 0 Å². The van der Waals surface area contributed by atoms with E-state index in [1.54, 1.807) is 6.33 Å². The number of aryl methyl sites for hydroxylation is 1. The predicted molar refractivity (Wildman–Crippen MR) is 102 cm³/mol. The number of hydrogen-bond acceptors (Lipinski definition) is 4. The summed E-state index contributed by atoms with van der Waals surface area (Å²) in [6, 6.07) is 15.7. The van der Waals surface area contributed by atoms with Crippen LogP contribution in [-0.4, -0.2) is 26.6 Å². The standard InChI is InChI=1S/C19H16N4OS/c1-12-6-2-4-8-14(12)22-16(24)10-25-19-18-17(20-11-21-19)13-7-3-5-9-15(13)23-18/h2-9,11,23H,10H2,1H3,(H,22,24). The van der Waals surface area contributed by atoms with E-state index >= 15 is 0 Å². The lowest BCUT2D eigenvalue weighted by atomic mass is 10.2. The van der Waals surface area contributed by atoms with Crippen molar-refractivity contribution in [1.29, 1.82) is 0 Å². The molecule has 0 saturated heterocycles. The van der Waals surface area contributed by atoms with Crippen molar-refractivity contribution >= 4 is 45.3 Å². The number of H-pyrrole nitrogens is 1. The second kappa shape index (κ2) is 6.57. The number of benzene rings is 2. The van der Waals surface area contributed by atoms with Gasteiger partial charge >= 0.3 is 0 Å². The first-order valence-corrected chi connectivity index (χ1v) is 8.90. The highest BCUT2D eigenvalue weighted by Gasteiger charge is 2.12. The molecule has 1 amide bonds. The summed E-state index contributed by atoms with van der Waals surface area (Å²) in [6.45, 7) is 1.97. The largest absolute Gasteiger partial charge is 0.351 e. The third kappa shape index (κ3) is 3.08. The van der Waals surface area contributed by atoms with Crippen LogP contribution < -0.4 is 5.32 Å². The van der Waals surface area contributed by atoms with Crippen molar-refractivity contribution in [3.05, 3.63) is 60.4 Å². The fraction of sp³-hybridized carbons (Fsp3) is 0.105. The lowest BCUT2D eigenvalue weighted by molar-refractivity contribution is -0.113. The number of fused-ring (bicyclic) bond motifs is 3. The Kier molecular flexibility index (Phi) is 4.11. The number of nitrogens with one attached hydrogen (secondary N) is 2. The Labute approximate surface area is 148 Å². The summed E-state index contributed by atoms with van der Waals surface area (Å²) in [6.07, 6.45) is 1.55. The van der Waals surface area contributed by atoms with E-state index in [1.165, 1.54) is 11.8 Å². The van der Waals surface area contributed by atoms with E-state index in [2.05, 4.69) is 20.3 Å². The molecule has 0 aliphatic heterocycles. The molecule has 0 fully saturated rings. The van der Waals surface area contributed by atoms with Crippen LogP contribution in [0.1, 0.15) is 5.56 Å². The Hall–Kier alpha value is -2.86. The average Bonchev–Trinajstić information content (AvgIpc) is 3.01. The number of thioether (sulfide) groups is 1. The summed E-state index contributed by atoms with van der Waals surface area (Å²) >= 11 is 1.40. The molecular formula is C19H16N4OS. The van der Waals surface area contributed by atoms with Gasteiger partial charge in [-0.05, 0) is 24.6 Å². The Balaban J connectivity index is 1.55. The van der Waals surface area contributed by atoms with Crippen LogP contribution in [0.4, 0.5) is 5.69 Å². The van der Waals surface area contributed by atoms with Crippen LogP contribution in [-0.2, 0) is 4.79 Å². The first-order valence-electron chi connectivity index (χ1n) is 7.92. The van der Waals surface area contributed by atoms with Gasteiger partial charge in [0.15, 0.2) is 0 Å². The van der Waals surface area contributed by atoms with Gasteiger partial charge in [-0.2, -0.15) is 0 Å². The number of nitrogens with zero attached hydrogens (tertiary/aromatic N) is 2. The number of hydrogen-bond donors (Lipinski definition) is 2. The molecule has 0 aliphatic rings. The minimum atomic E-state index is -0.0535. The number of carbonyl (C=O) groups excluding carboxylic acids is 1. The van der Waals surface area contributed by atoms with Crippen molar-refractivity contribution in [2.45, 2.75) is 11.9 Å². The minimum absolute atomic E-state index is 0.0535. The molecule has 0 spiro atoms. The highest BCUT2D eigenvalue weighted by molar-refractivity contribution is 8.00. The monoisotopic (exact) mass is 348 g/mol. The molecule has 4 rings (SSSR count). The molecule has 2 heterocycles. The van der Waals surface area contributed by atoms with Crippen molar-refractivity contribution in [2.24, 2.45) is 0 Å². The van der Waals surface area contributed by atoms with Gasteiger partial charge in [0.05, 0.1) is 11.3 Å². The molecule has 0 aliphatic carbocycles. The van der Waals surface area contributed by atoms with Gasteiger partial charge < -0.3 is 10.3 Å². The third-order valence-corrected chi connectivity index (χ3v) is 5.00. The summed E-state index contributed by atoms with van der Waals surface area (Å²) in [5.74, 6) is 0.234. The molecule has 2 aromatic heterocycles. The Bertz CT molecular complexity index is 1070. The normalized spacial score (nSPS) is 11.1. The number of aromatic amines is 1. The smallest absolute Gasteiger partial charge is 0.234 e. The summed E-state index contributed by atoms with van der Waals surface area (Å²) in [7, 11) is 0. The number of rotatable bonds is 4. The van der Waals surface area contributed by atoms with Crippen molar-refractivity contribution in [3.63, 3.8) is 0 Å². The Morgan fingerprint density at radius 2 is 1.92 bits per heavy atom. The average molecular weight is 348 g/mol. The molecule has 6 heteroatoms. The van der Waals surface area contributed by atoms with E-state index in [0.717, 1.165) is 38.2 Å². The number of carbonyl (C=O) groups is 1. The fourth-order valence-electron chi connectivity index (χ4n) is 2.76. The lowest BCUT2D eigenvalue weighted by Crippen LogP contribution is -2.14.